The molecule has 18 heavy (non-hydrogen) atoms. The Morgan fingerprint density at radius 1 is 1.17 bits per heavy atom. The van der Waals surface area contributed by atoms with Crippen molar-refractivity contribution in [2.45, 2.75) is 38.8 Å². The summed E-state index contributed by atoms with van der Waals surface area (Å²) in [6.45, 7) is 6.47. The SMILES string of the molecule is CC(C)Oc1ccc(NC2CCN(C)CC2)cc1. The number of hydrogen-bond acceptors (Lipinski definition) is 3. The number of anilines is 1. The van der Waals surface area contributed by atoms with Crippen molar-refractivity contribution in [3.8, 4) is 5.75 Å². The van der Waals surface area contributed by atoms with Gasteiger partial charge in [-0.3, -0.25) is 0 Å². The van der Waals surface area contributed by atoms with Gasteiger partial charge in [-0.25, -0.2) is 0 Å². The van der Waals surface area contributed by atoms with Crippen molar-refractivity contribution < 1.29 is 4.74 Å². The third-order valence-corrected chi connectivity index (χ3v) is 3.32. The molecule has 1 N–H and O–H groups in total. The number of rotatable bonds is 4. The van der Waals surface area contributed by atoms with E-state index in [0.29, 0.717) is 6.04 Å². The molecule has 0 amide bonds. The van der Waals surface area contributed by atoms with Crippen molar-refractivity contribution in [1.82, 2.24) is 4.90 Å². The molecule has 0 aromatic heterocycles. The molecule has 0 aliphatic carbocycles. The van der Waals surface area contributed by atoms with Gasteiger partial charge in [0.15, 0.2) is 0 Å². The minimum Gasteiger partial charge on any atom is -0.491 e. The molecule has 1 aliphatic heterocycles. The van der Waals surface area contributed by atoms with Gasteiger partial charge in [-0.15, -0.1) is 0 Å². The minimum absolute atomic E-state index is 0.234. The second kappa shape index (κ2) is 6.10. The van der Waals surface area contributed by atoms with E-state index in [1.54, 1.807) is 0 Å². The molecule has 3 nitrogen and oxygen atoms in total. The van der Waals surface area contributed by atoms with Gasteiger partial charge in [-0.05, 0) is 71.1 Å². The van der Waals surface area contributed by atoms with Crippen LogP contribution in [0.25, 0.3) is 0 Å². The molecule has 0 atom stereocenters. The normalized spacial score (nSPS) is 18.0. The van der Waals surface area contributed by atoms with E-state index in [1.165, 1.54) is 31.6 Å². The van der Waals surface area contributed by atoms with Crippen molar-refractivity contribution in [1.29, 1.82) is 0 Å². The smallest absolute Gasteiger partial charge is 0.119 e. The topological polar surface area (TPSA) is 24.5 Å². The van der Waals surface area contributed by atoms with Crippen LogP contribution in [-0.2, 0) is 0 Å². The van der Waals surface area contributed by atoms with Gasteiger partial charge in [0.25, 0.3) is 0 Å². The van der Waals surface area contributed by atoms with Crippen molar-refractivity contribution in [2.24, 2.45) is 0 Å². The van der Waals surface area contributed by atoms with Crippen molar-refractivity contribution >= 4 is 5.69 Å². The summed E-state index contributed by atoms with van der Waals surface area (Å²) in [6.07, 6.45) is 2.68. The molecule has 0 radical (unpaired) electrons. The van der Waals surface area contributed by atoms with Crippen LogP contribution >= 0.6 is 0 Å². The molecule has 1 fully saturated rings. The van der Waals surface area contributed by atoms with Crippen LogP contribution in [0, 0.1) is 0 Å². The maximum Gasteiger partial charge on any atom is 0.119 e. The molecule has 0 unspecified atom stereocenters. The van der Waals surface area contributed by atoms with Crippen LogP contribution in [0.4, 0.5) is 5.69 Å². The summed E-state index contributed by atoms with van der Waals surface area (Å²) in [5.41, 5.74) is 1.20. The second-order valence-corrected chi connectivity index (χ2v) is 5.41. The molecule has 1 heterocycles. The molecular weight excluding hydrogens is 224 g/mol. The Kier molecular flexibility index (Phi) is 4.48. The van der Waals surface area contributed by atoms with Gasteiger partial charge in [0, 0.05) is 11.7 Å². The van der Waals surface area contributed by atoms with Gasteiger partial charge in [0.2, 0.25) is 0 Å². The summed E-state index contributed by atoms with van der Waals surface area (Å²) in [5, 5.41) is 3.60. The Morgan fingerprint density at radius 3 is 2.33 bits per heavy atom. The van der Waals surface area contributed by atoms with E-state index in [2.05, 4.69) is 29.4 Å². The number of ether oxygens (including phenoxy) is 1. The van der Waals surface area contributed by atoms with Crippen LogP contribution in [0.15, 0.2) is 24.3 Å². The van der Waals surface area contributed by atoms with Gasteiger partial charge in [0.05, 0.1) is 6.10 Å². The molecular formula is C15H24N2O. The zero-order valence-corrected chi connectivity index (χ0v) is 11.6. The quantitative estimate of drug-likeness (QED) is 0.886. The zero-order chi connectivity index (χ0) is 13.0. The maximum atomic E-state index is 5.64. The highest BCUT2D eigenvalue weighted by Crippen LogP contribution is 2.20. The second-order valence-electron chi connectivity index (χ2n) is 5.41. The predicted molar refractivity (Wildman–Crippen MR) is 76.3 cm³/mol. The lowest BCUT2D eigenvalue weighted by Crippen LogP contribution is -2.36. The third kappa shape index (κ3) is 3.91. The standard InChI is InChI=1S/C15H24N2O/c1-12(2)18-15-6-4-13(5-7-15)16-14-8-10-17(3)11-9-14/h4-7,12,14,16H,8-11H2,1-3H3. The van der Waals surface area contributed by atoms with Crippen LogP contribution in [-0.4, -0.2) is 37.2 Å². The highest BCUT2D eigenvalue weighted by molar-refractivity contribution is 5.47. The minimum atomic E-state index is 0.234. The molecule has 3 heteroatoms. The van der Waals surface area contributed by atoms with E-state index in [4.69, 9.17) is 4.74 Å². The van der Waals surface area contributed by atoms with E-state index < -0.39 is 0 Å². The van der Waals surface area contributed by atoms with Gasteiger partial charge >= 0.3 is 0 Å². The Morgan fingerprint density at radius 2 is 1.78 bits per heavy atom. The van der Waals surface area contributed by atoms with E-state index in [9.17, 15) is 0 Å². The summed E-state index contributed by atoms with van der Waals surface area (Å²) in [7, 11) is 2.19. The summed E-state index contributed by atoms with van der Waals surface area (Å²) < 4.78 is 5.64. The number of nitrogens with zero attached hydrogens (tertiary/aromatic N) is 1. The van der Waals surface area contributed by atoms with Crippen LogP contribution in [0.3, 0.4) is 0 Å². The molecule has 0 spiro atoms. The lowest BCUT2D eigenvalue weighted by atomic mass is 10.1. The van der Waals surface area contributed by atoms with Gasteiger partial charge in [0.1, 0.15) is 5.75 Å². The van der Waals surface area contributed by atoms with E-state index in [-0.39, 0.29) is 6.10 Å². The molecule has 100 valence electrons. The zero-order valence-electron chi connectivity index (χ0n) is 11.6. The average molecular weight is 248 g/mol. The first-order valence-corrected chi connectivity index (χ1v) is 6.85. The summed E-state index contributed by atoms with van der Waals surface area (Å²) in [5.74, 6) is 0.943. The molecule has 1 aromatic rings. The number of likely N-dealkylation sites (tertiary alicyclic amines) is 1. The molecule has 1 saturated heterocycles. The fourth-order valence-electron chi connectivity index (χ4n) is 2.29. The largest absolute Gasteiger partial charge is 0.491 e. The number of nitrogens with one attached hydrogen (secondary N) is 1. The predicted octanol–water partition coefficient (Wildman–Crippen LogP) is 2.98. The van der Waals surface area contributed by atoms with Crippen molar-refractivity contribution in [3.05, 3.63) is 24.3 Å². The van der Waals surface area contributed by atoms with E-state index in [1.807, 2.05) is 26.0 Å². The third-order valence-electron chi connectivity index (χ3n) is 3.32. The highest BCUT2D eigenvalue weighted by atomic mass is 16.5. The van der Waals surface area contributed by atoms with Gasteiger partial charge in [-0.2, -0.15) is 0 Å². The lowest BCUT2D eigenvalue weighted by molar-refractivity contribution is 0.242. The summed E-state index contributed by atoms with van der Waals surface area (Å²) in [6, 6.07) is 8.90. The van der Waals surface area contributed by atoms with Gasteiger partial charge in [-0.1, -0.05) is 0 Å². The lowest BCUT2D eigenvalue weighted by Gasteiger charge is -2.30. The fraction of sp³-hybridized carbons (Fsp3) is 0.600. The first kappa shape index (κ1) is 13.2. The van der Waals surface area contributed by atoms with Crippen molar-refractivity contribution in [3.63, 3.8) is 0 Å². The van der Waals surface area contributed by atoms with Gasteiger partial charge < -0.3 is 15.0 Å². The number of hydrogen-bond donors (Lipinski definition) is 1. The Hall–Kier alpha value is -1.22. The monoisotopic (exact) mass is 248 g/mol. The van der Waals surface area contributed by atoms with Crippen LogP contribution in [0.5, 0.6) is 5.75 Å². The maximum absolute atomic E-state index is 5.64. The Labute approximate surface area is 110 Å². The molecule has 1 aromatic carbocycles. The van der Waals surface area contributed by atoms with E-state index >= 15 is 0 Å². The Bertz CT molecular complexity index is 353. The molecule has 2 rings (SSSR count). The van der Waals surface area contributed by atoms with Crippen LogP contribution in [0.1, 0.15) is 26.7 Å². The summed E-state index contributed by atoms with van der Waals surface area (Å²) >= 11 is 0. The molecule has 1 aliphatic rings. The molecule has 0 saturated carbocycles. The Balaban J connectivity index is 1.86. The van der Waals surface area contributed by atoms with Crippen LogP contribution in [0.2, 0.25) is 0 Å². The van der Waals surface area contributed by atoms with Crippen molar-refractivity contribution in [2.75, 3.05) is 25.5 Å². The highest BCUT2D eigenvalue weighted by Gasteiger charge is 2.15. The van der Waals surface area contributed by atoms with E-state index in [0.717, 1.165) is 5.75 Å². The molecule has 0 bridgehead atoms. The summed E-state index contributed by atoms with van der Waals surface area (Å²) in [4.78, 5) is 2.39. The first-order chi connectivity index (χ1) is 8.63. The number of benzene rings is 1. The first-order valence-electron chi connectivity index (χ1n) is 6.85. The fourth-order valence-corrected chi connectivity index (χ4v) is 2.29. The van der Waals surface area contributed by atoms with Crippen LogP contribution < -0.4 is 10.1 Å². The average Bonchev–Trinajstić information content (AvgIpc) is 2.34. The number of piperidine rings is 1.